The Bertz CT molecular complexity index is 3710. The first-order valence-electron chi connectivity index (χ1n) is 20.0. The third-order valence-electron chi connectivity index (χ3n) is 10.3. The lowest BCUT2D eigenvalue weighted by molar-refractivity contribution is -0.131. The van der Waals surface area contributed by atoms with Crippen LogP contribution in [0.4, 0.5) is 34.1 Å². The molecule has 2 aliphatic rings. The van der Waals surface area contributed by atoms with Crippen molar-refractivity contribution in [3.63, 3.8) is 0 Å². The first kappa shape index (κ1) is 47.2. The summed E-state index contributed by atoms with van der Waals surface area (Å²) in [5.74, 6) is -3.10. The summed E-state index contributed by atoms with van der Waals surface area (Å²) in [6, 6.07) is 23.4. The molecule has 0 saturated carbocycles. The SMILES string of the molecule is N#CN=C1CC(=O)C(N=Nc2ccc(N=Nc3ccc(-c4ccc(N=Nc5ccc(N=NC6C(=O)CC(=NC#N)NC6=O)c6ccc(S(=O)(=O)O)cc56)cc4S(=O)(=O)O)cc3)c3ccccc23)C(=O)N1. The Kier molecular flexibility index (Phi) is 13.1. The molecule has 26 heteroatoms. The second-order valence-electron chi connectivity index (χ2n) is 14.9. The number of aliphatic imine (C=N–C) groups is 2. The van der Waals surface area contributed by atoms with Crippen LogP contribution >= 0.6 is 0 Å². The Morgan fingerprint density at radius 2 is 0.986 bits per heavy atom. The highest BCUT2D eigenvalue weighted by atomic mass is 32.2. The first-order valence-corrected chi connectivity index (χ1v) is 22.9. The van der Waals surface area contributed by atoms with Crippen LogP contribution in [0, 0.1) is 22.9 Å². The average Bonchev–Trinajstić information content (AvgIpc) is 3.32. The van der Waals surface area contributed by atoms with E-state index >= 15 is 0 Å². The summed E-state index contributed by atoms with van der Waals surface area (Å²) in [5, 5.41) is 56.7. The highest BCUT2D eigenvalue weighted by molar-refractivity contribution is 7.86. The summed E-state index contributed by atoms with van der Waals surface area (Å²) >= 11 is 0. The van der Waals surface area contributed by atoms with Crippen LogP contribution < -0.4 is 10.6 Å². The quantitative estimate of drug-likeness (QED) is 0.0417. The molecule has 346 valence electrons. The fourth-order valence-corrected chi connectivity index (χ4v) is 8.32. The van der Waals surface area contributed by atoms with Crippen LogP contribution in [-0.4, -0.2) is 73.1 Å². The van der Waals surface area contributed by atoms with Gasteiger partial charge in [-0.25, -0.2) is 0 Å². The molecule has 0 aliphatic carbocycles. The van der Waals surface area contributed by atoms with Crippen molar-refractivity contribution in [3.8, 4) is 23.5 Å². The third kappa shape index (κ3) is 10.3. The number of benzene rings is 6. The van der Waals surface area contributed by atoms with Crippen LogP contribution in [0.3, 0.4) is 0 Å². The number of nitrogens with one attached hydrogen (secondary N) is 2. The molecule has 2 amide bonds. The monoisotopic (exact) mass is 976 g/mol. The average molecular weight is 977 g/mol. The van der Waals surface area contributed by atoms with Crippen molar-refractivity contribution in [1.29, 1.82) is 10.5 Å². The Hall–Kier alpha value is -9.34. The number of hydrogen-bond donors (Lipinski definition) is 4. The van der Waals surface area contributed by atoms with E-state index in [9.17, 15) is 45.1 Å². The number of hydrogen-bond acceptors (Lipinski definition) is 20. The number of fused-ring (bicyclic) bond motifs is 2. The summed E-state index contributed by atoms with van der Waals surface area (Å²) in [6.07, 6.45) is 2.35. The van der Waals surface area contributed by atoms with Crippen molar-refractivity contribution in [3.05, 3.63) is 109 Å². The number of ketones is 2. The van der Waals surface area contributed by atoms with Gasteiger partial charge in [-0.2, -0.15) is 68.0 Å². The number of azo groups is 4. The number of carbonyl (C=O) groups is 4. The smallest absolute Gasteiger partial charge is 0.295 e. The molecule has 24 nitrogen and oxygen atoms in total. The molecule has 2 heterocycles. The zero-order valence-corrected chi connectivity index (χ0v) is 36.9. The lowest BCUT2D eigenvalue weighted by Gasteiger charge is -2.17. The molecule has 0 spiro atoms. The number of carbonyl (C=O) groups excluding carboxylic acids is 4. The Morgan fingerprint density at radius 3 is 1.47 bits per heavy atom. The van der Waals surface area contributed by atoms with Gasteiger partial charge in [0.15, 0.2) is 11.6 Å². The Labute approximate surface area is 394 Å². The normalized spacial score (nSPS) is 18.1. The maximum absolute atomic E-state index is 12.7. The van der Waals surface area contributed by atoms with Crippen LogP contribution in [-0.2, 0) is 39.4 Å². The third-order valence-corrected chi connectivity index (χ3v) is 12.1. The number of nitrogens with zero attached hydrogens (tertiary/aromatic N) is 12. The van der Waals surface area contributed by atoms with Crippen molar-refractivity contribution in [2.45, 2.75) is 34.7 Å². The van der Waals surface area contributed by atoms with Crippen molar-refractivity contribution in [2.24, 2.45) is 50.9 Å². The van der Waals surface area contributed by atoms with E-state index in [2.05, 4.69) is 61.5 Å². The van der Waals surface area contributed by atoms with Crippen LogP contribution in [0.15, 0.2) is 170 Å². The van der Waals surface area contributed by atoms with Crippen molar-refractivity contribution in [1.82, 2.24) is 10.6 Å². The van der Waals surface area contributed by atoms with Crippen LogP contribution in [0.5, 0.6) is 0 Å². The molecule has 2 saturated heterocycles. The summed E-state index contributed by atoms with van der Waals surface area (Å²) in [4.78, 5) is 55.8. The largest absolute Gasteiger partial charge is 0.311 e. The lowest BCUT2D eigenvalue weighted by atomic mass is 10.0. The maximum atomic E-state index is 12.7. The summed E-state index contributed by atoms with van der Waals surface area (Å²) in [5.41, 5.74) is 1.58. The van der Waals surface area contributed by atoms with Crippen LogP contribution in [0.2, 0.25) is 0 Å². The van der Waals surface area contributed by atoms with E-state index in [0.29, 0.717) is 33.4 Å². The maximum Gasteiger partial charge on any atom is 0.295 e. The van der Waals surface area contributed by atoms with Gasteiger partial charge in [-0.15, -0.1) is 10.2 Å². The van der Waals surface area contributed by atoms with Gasteiger partial charge in [-0.1, -0.05) is 48.5 Å². The number of Topliss-reactive ketones (excluding diaryl/α,β-unsaturated/α-hetero) is 2. The lowest BCUT2D eigenvalue weighted by Crippen LogP contribution is -2.48. The Morgan fingerprint density at radius 1 is 0.514 bits per heavy atom. The fourth-order valence-electron chi connectivity index (χ4n) is 7.08. The van der Waals surface area contributed by atoms with Crippen molar-refractivity contribution < 1.29 is 45.1 Å². The van der Waals surface area contributed by atoms with Gasteiger partial charge in [-0.3, -0.25) is 28.3 Å². The molecule has 70 heavy (non-hydrogen) atoms. The van der Waals surface area contributed by atoms with Gasteiger partial charge in [0.2, 0.25) is 24.5 Å². The van der Waals surface area contributed by atoms with E-state index in [0.717, 1.165) is 18.2 Å². The molecular weight excluding hydrogens is 949 g/mol. The number of piperidine rings is 2. The topological polar surface area (TPSA) is 372 Å². The van der Waals surface area contributed by atoms with Gasteiger partial charge in [0.05, 0.1) is 51.9 Å². The van der Waals surface area contributed by atoms with Crippen molar-refractivity contribution in [2.75, 3.05) is 0 Å². The molecule has 6 aromatic rings. The highest BCUT2D eigenvalue weighted by Gasteiger charge is 2.35. The standard InChI is InChI=1S/C44H28N14O10S2/c45-21-47-39-19-36(59)41(43(61)49-39)57-55-33-14-13-32(28-3-1-2-4-29(28)33)53-51-24-7-5-23(6-8-24)27-11-9-25(17-38(27)70(66,67)68)52-54-35-16-15-34(30-12-10-26(18-31(30)35)69(63,64)65)56-58-42-37(60)20-40(48-22-46)50-44(42)62/h1-18,41-42H,19-20H2,(H,47,49,61)(H,48,50,62)(H,63,64,65)(H,66,67,68). The van der Waals surface area contributed by atoms with Gasteiger partial charge >= 0.3 is 0 Å². The van der Waals surface area contributed by atoms with Crippen LogP contribution in [0.1, 0.15) is 12.8 Å². The minimum absolute atomic E-state index is 0.00610. The minimum Gasteiger partial charge on any atom is -0.311 e. The van der Waals surface area contributed by atoms with Crippen LogP contribution in [0.25, 0.3) is 32.7 Å². The second-order valence-corrected chi connectivity index (χ2v) is 17.7. The number of nitriles is 2. The molecule has 6 aromatic carbocycles. The molecule has 0 aromatic heterocycles. The first-order chi connectivity index (χ1) is 33.5. The molecule has 2 atom stereocenters. The van der Waals surface area contributed by atoms with E-state index in [-0.39, 0.29) is 57.9 Å². The van der Waals surface area contributed by atoms with Gasteiger partial charge in [0, 0.05) is 27.1 Å². The summed E-state index contributed by atoms with van der Waals surface area (Å²) in [7, 11) is -9.61. The molecule has 0 bridgehead atoms. The zero-order chi connectivity index (χ0) is 49.7. The molecule has 2 aliphatic heterocycles. The van der Waals surface area contributed by atoms with E-state index < -0.39 is 65.5 Å². The molecule has 2 fully saturated rings. The minimum atomic E-state index is -4.88. The predicted octanol–water partition coefficient (Wildman–Crippen LogP) is 7.83. The number of amides is 2. The van der Waals surface area contributed by atoms with Gasteiger partial charge < -0.3 is 10.6 Å². The van der Waals surface area contributed by atoms with E-state index in [1.165, 1.54) is 42.7 Å². The predicted molar refractivity (Wildman–Crippen MR) is 246 cm³/mol. The van der Waals surface area contributed by atoms with E-state index in [4.69, 9.17) is 10.5 Å². The van der Waals surface area contributed by atoms with E-state index in [1.807, 2.05) is 0 Å². The van der Waals surface area contributed by atoms with Gasteiger partial charge in [0.1, 0.15) is 16.6 Å². The van der Waals surface area contributed by atoms with Gasteiger partial charge in [-0.05, 0) is 66.2 Å². The summed E-state index contributed by atoms with van der Waals surface area (Å²) < 4.78 is 69.7. The second kappa shape index (κ2) is 19.5. The van der Waals surface area contributed by atoms with E-state index in [1.54, 1.807) is 60.7 Å². The molecule has 0 radical (unpaired) electrons. The number of rotatable bonds is 11. The number of amidine groups is 2. The zero-order valence-electron chi connectivity index (χ0n) is 35.3. The highest BCUT2D eigenvalue weighted by Crippen LogP contribution is 2.39. The molecular formula is C44H28N14O10S2. The van der Waals surface area contributed by atoms with Gasteiger partial charge in [0.25, 0.3) is 32.1 Å². The molecule has 8 rings (SSSR count). The summed E-state index contributed by atoms with van der Waals surface area (Å²) in [6.45, 7) is 0. The fraction of sp³-hybridized carbons (Fsp3) is 0.0909. The molecule has 4 N–H and O–H groups in total. The van der Waals surface area contributed by atoms with Crippen molar-refractivity contribution >= 4 is 111 Å². The molecule has 2 unspecified atom stereocenters. The Balaban J connectivity index is 1.03.